The minimum atomic E-state index is -1.03. The summed E-state index contributed by atoms with van der Waals surface area (Å²) in [6.45, 7) is 0.610. The molecule has 1 aromatic rings. The Morgan fingerprint density at radius 2 is 1.84 bits per heavy atom. The van der Waals surface area contributed by atoms with Crippen LogP contribution in [-0.4, -0.2) is 31.9 Å². The SMILES string of the molecule is COc1cc(C(=O)O)cc(OC)c1OCC1CCC1. The number of hydrogen-bond acceptors (Lipinski definition) is 4. The fourth-order valence-electron chi connectivity index (χ4n) is 2.01. The molecule has 0 amide bonds. The Balaban J connectivity index is 2.25. The Hall–Kier alpha value is -1.91. The fraction of sp³-hybridized carbons (Fsp3) is 0.500. The lowest BCUT2D eigenvalue weighted by Gasteiger charge is -2.26. The van der Waals surface area contributed by atoms with Crippen molar-refractivity contribution in [2.75, 3.05) is 20.8 Å². The van der Waals surface area contributed by atoms with Gasteiger partial charge in [0, 0.05) is 0 Å². The van der Waals surface area contributed by atoms with E-state index in [9.17, 15) is 4.79 Å². The summed E-state index contributed by atoms with van der Waals surface area (Å²) in [4.78, 5) is 11.0. The van der Waals surface area contributed by atoms with Crippen LogP contribution in [0.2, 0.25) is 0 Å². The van der Waals surface area contributed by atoms with Gasteiger partial charge in [-0.05, 0) is 30.9 Å². The molecule has 0 bridgehead atoms. The number of carbonyl (C=O) groups is 1. The lowest BCUT2D eigenvalue weighted by Crippen LogP contribution is -2.19. The van der Waals surface area contributed by atoms with Crippen molar-refractivity contribution in [2.24, 2.45) is 5.92 Å². The van der Waals surface area contributed by atoms with Crippen molar-refractivity contribution in [3.05, 3.63) is 17.7 Å². The number of rotatable bonds is 6. The van der Waals surface area contributed by atoms with Crippen molar-refractivity contribution in [2.45, 2.75) is 19.3 Å². The summed E-state index contributed by atoms with van der Waals surface area (Å²) in [6.07, 6.45) is 3.61. The first-order valence-corrected chi connectivity index (χ1v) is 6.27. The van der Waals surface area contributed by atoms with Crippen LogP contribution in [0.25, 0.3) is 0 Å². The van der Waals surface area contributed by atoms with E-state index in [1.807, 2.05) is 0 Å². The first-order chi connectivity index (χ1) is 9.15. The predicted octanol–water partition coefficient (Wildman–Crippen LogP) is 2.58. The van der Waals surface area contributed by atoms with Crippen molar-refractivity contribution < 1.29 is 24.1 Å². The summed E-state index contributed by atoms with van der Waals surface area (Å²) in [5.74, 6) is 0.796. The van der Waals surface area contributed by atoms with E-state index >= 15 is 0 Å². The smallest absolute Gasteiger partial charge is 0.335 e. The predicted molar refractivity (Wildman–Crippen MR) is 69.3 cm³/mol. The Morgan fingerprint density at radius 1 is 1.26 bits per heavy atom. The Morgan fingerprint density at radius 3 is 2.21 bits per heavy atom. The van der Waals surface area contributed by atoms with E-state index in [1.165, 1.54) is 45.6 Å². The van der Waals surface area contributed by atoms with Crippen LogP contribution in [0.5, 0.6) is 17.2 Å². The first-order valence-electron chi connectivity index (χ1n) is 6.27. The van der Waals surface area contributed by atoms with E-state index in [1.54, 1.807) is 0 Å². The van der Waals surface area contributed by atoms with Gasteiger partial charge in [-0.15, -0.1) is 0 Å². The fourth-order valence-corrected chi connectivity index (χ4v) is 2.01. The van der Waals surface area contributed by atoms with Gasteiger partial charge < -0.3 is 19.3 Å². The Labute approximate surface area is 112 Å². The minimum absolute atomic E-state index is 0.115. The molecule has 1 saturated carbocycles. The molecule has 2 rings (SSSR count). The van der Waals surface area contributed by atoms with E-state index in [0.29, 0.717) is 29.8 Å². The van der Waals surface area contributed by atoms with Gasteiger partial charge in [0.1, 0.15) is 0 Å². The molecule has 104 valence electrons. The third-order valence-electron chi connectivity index (χ3n) is 3.40. The second-order valence-electron chi connectivity index (χ2n) is 4.62. The summed E-state index contributed by atoms with van der Waals surface area (Å²) < 4.78 is 16.1. The number of hydrogen-bond donors (Lipinski definition) is 1. The van der Waals surface area contributed by atoms with E-state index in [-0.39, 0.29) is 5.56 Å². The molecule has 0 unspecified atom stereocenters. The lowest BCUT2D eigenvalue weighted by molar-refractivity contribution is 0.0696. The van der Waals surface area contributed by atoms with Crippen molar-refractivity contribution in [3.8, 4) is 17.2 Å². The largest absolute Gasteiger partial charge is 0.493 e. The van der Waals surface area contributed by atoms with Crippen LogP contribution in [0, 0.1) is 5.92 Å². The molecular formula is C14H18O5. The van der Waals surface area contributed by atoms with Crippen LogP contribution < -0.4 is 14.2 Å². The second-order valence-corrected chi connectivity index (χ2v) is 4.62. The highest BCUT2D eigenvalue weighted by molar-refractivity contribution is 5.89. The normalized spacial score (nSPS) is 14.6. The molecular weight excluding hydrogens is 248 g/mol. The van der Waals surface area contributed by atoms with Gasteiger partial charge in [0.2, 0.25) is 5.75 Å². The average Bonchev–Trinajstić information content (AvgIpc) is 2.36. The summed E-state index contributed by atoms with van der Waals surface area (Å²) in [5.41, 5.74) is 0.115. The van der Waals surface area contributed by atoms with Gasteiger partial charge in [0.05, 0.1) is 26.4 Å². The van der Waals surface area contributed by atoms with Gasteiger partial charge in [0.15, 0.2) is 11.5 Å². The van der Waals surface area contributed by atoms with E-state index in [4.69, 9.17) is 19.3 Å². The molecule has 0 saturated heterocycles. The first kappa shape index (κ1) is 13.5. The summed E-state index contributed by atoms with van der Waals surface area (Å²) in [6, 6.07) is 2.89. The molecule has 1 N–H and O–H groups in total. The van der Waals surface area contributed by atoms with Crippen LogP contribution in [0.4, 0.5) is 0 Å². The molecule has 0 spiro atoms. The van der Waals surface area contributed by atoms with Gasteiger partial charge in [-0.3, -0.25) is 0 Å². The molecule has 19 heavy (non-hydrogen) atoms. The topological polar surface area (TPSA) is 65.0 Å². The maximum Gasteiger partial charge on any atom is 0.335 e. The molecule has 5 nitrogen and oxygen atoms in total. The molecule has 1 aliphatic rings. The maximum atomic E-state index is 11.0. The molecule has 0 atom stereocenters. The number of carboxylic acids is 1. The van der Waals surface area contributed by atoms with Crippen LogP contribution in [-0.2, 0) is 0 Å². The highest BCUT2D eigenvalue weighted by atomic mass is 16.5. The highest BCUT2D eigenvalue weighted by Gasteiger charge is 2.21. The van der Waals surface area contributed by atoms with Crippen LogP contribution >= 0.6 is 0 Å². The molecule has 0 radical (unpaired) electrons. The monoisotopic (exact) mass is 266 g/mol. The Kier molecular flexibility index (Phi) is 4.14. The van der Waals surface area contributed by atoms with Gasteiger partial charge in [-0.2, -0.15) is 0 Å². The second kappa shape index (κ2) is 5.82. The number of carboxylic acid groups (broad SMARTS) is 1. The van der Waals surface area contributed by atoms with Crippen LogP contribution in [0.3, 0.4) is 0 Å². The molecule has 1 fully saturated rings. The third-order valence-corrected chi connectivity index (χ3v) is 3.40. The van der Waals surface area contributed by atoms with Gasteiger partial charge in [0.25, 0.3) is 0 Å². The van der Waals surface area contributed by atoms with Crippen molar-refractivity contribution in [1.29, 1.82) is 0 Å². The highest BCUT2D eigenvalue weighted by Crippen LogP contribution is 2.39. The summed E-state index contributed by atoms with van der Waals surface area (Å²) in [7, 11) is 2.97. The third kappa shape index (κ3) is 2.92. The molecule has 0 aliphatic heterocycles. The quantitative estimate of drug-likeness (QED) is 0.857. The Bertz CT molecular complexity index is 440. The molecule has 0 heterocycles. The van der Waals surface area contributed by atoms with E-state index < -0.39 is 5.97 Å². The number of ether oxygens (including phenoxy) is 3. The van der Waals surface area contributed by atoms with E-state index in [2.05, 4.69) is 0 Å². The zero-order chi connectivity index (χ0) is 13.8. The average molecular weight is 266 g/mol. The van der Waals surface area contributed by atoms with Gasteiger partial charge in [-0.1, -0.05) is 6.42 Å². The zero-order valence-electron chi connectivity index (χ0n) is 11.1. The summed E-state index contributed by atoms with van der Waals surface area (Å²) in [5, 5.41) is 9.03. The maximum absolute atomic E-state index is 11.0. The van der Waals surface area contributed by atoms with Crippen molar-refractivity contribution in [3.63, 3.8) is 0 Å². The standard InChI is InChI=1S/C14H18O5/c1-17-11-6-10(14(15)16)7-12(18-2)13(11)19-8-9-4-3-5-9/h6-7,9H,3-5,8H2,1-2H3,(H,15,16). The molecule has 0 aromatic heterocycles. The lowest BCUT2D eigenvalue weighted by atomic mass is 9.86. The molecule has 1 aromatic carbocycles. The van der Waals surface area contributed by atoms with Crippen molar-refractivity contribution in [1.82, 2.24) is 0 Å². The molecule has 1 aliphatic carbocycles. The van der Waals surface area contributed by atoms with Crippen molar-refractivity contribution >= 4 is 5.97 Å². The zero-order valence-corrected chi connectivity index (χ0v) is 11.1. The minimum Gasteiger partial charge on any atom is -0.493 e. The van der Waals surface area contributed by atoms with Gasteiger partial charge in [-0.25, -0.2) is 4.79 Å². The van der Waals surface area contributed by atoms with Gasteiger partial charge >= 0.3 is 5.97 Å². The van der Waals surface area contributed by atoms with Crippen LogP contribution in [0.15, 0.2) is 12.1 Å². The number of methoxy groups -OCH3 is 2. The van der Waals surface area contributed by atoms with Crippen LogP contribution in [0.1, 0.15) is 29.6 Å². The summed E-state index contributed by atoms with van der Waals surface area (Å²) >= 11 is 0. The molecule has 5 heteroatoms. The number of benzene rings is 1. The van der Waals surface area contributed by atoms with E-state index in [0.717, 1.165) is 0 Å². The number of aromatic carboxylic acids is 1.